The first kappa shape index (κ1) is 30.7. The molecule has 1 aliphatic heterocycles. The van der Waals surface area contributed by atoms with Crippen molar-refractivity contribution in [2.24, 2.45) is 7.05 Å². The largest absolute Gasteiger partial charge is 0.379 e. The molecule has 0 saturated carbocycles. The van der Waals surface area contributed by atoms with Crippen molar-refractivity contribution in [3.8, 4) is 11.3 Å². The maximum absolute atomic E-state index is 13.2. The molecule has 2 aromatic heterocycles. The third-order valence-corrected chi connectivity index (χ3v) is 9.78. The van der Waals surface area contributed by atoms with Crippen molar-refractivity contribution in [2.45, 2.75) is 38.6 Å². The van der Waals surface area contributed by atoms with E-state index in [1.54, 1.807) is 31.6 Å². The minimum atomic E-state index is -0.428. The van der Waals surface area contributed by atoms with Gasteiger partial charge in [-0.15, -0.1) is 11.3 Å². The summed E-state index contributed by atoms with van der Waals surface area (Å²) in [5.74, 6) is -0.0120. The molecule has 234 valence electrons. The highest BCUT2D eigenvalue weighted by molar-refractivity contribution is 7.14. The highest BCUT2D eigenvalue weighted by Gasteiger charge is 2.28. The fourth-order valence-corrected chi connectivity index (χ4v) is 7.19. The highest BCUT2D eigenvalue weighted by Crippen LogP contribution is 2.32. The number of aryl methyl sites for hydroxylation is 3. The molecule has 1 unspecified atom stereocenters. The summed E-state index contributed by atoms with van der Waals surface area (Å²) >= 11 is 1.59. The maximum Gasteiger partial charge on any atom is 0.293 e. The molecule has 45 heavy (non-hydrogen) atoms. The van der Waals surface area contributed by atoms with Crippen molar-refractivity contribution >= 4 is 40.3 Å². The third kappa shape index (κ3) is 6.56. The number of hydrogen-bond acceptors (Lipinski definition) is 8. The quantitative estimate of drug-likeness (QED) is 0.257. The topological polar surface area (TPSA) is 118 Å². The Hall–Kier alpha value is -4.32. The number of hydrogen-bond donors (Lipinski definition) is 3. The Morgan fingerprint density at radius 2 is 1.80 bits per heavy atom. The highest BCUT2D eigenvalue weighted by atomic mass is 32.1. The van der Waals surface area contributed by atoms with E-state index in [9.17, 15) is 14.4 Å². The number of anilines is 3. The lowest BCUT2D eigenvalue weighted by Gasteiger charge is -2.33. The third-order valence-electron chi connectivity index (χ3n) is 8.54. The fourth-order valence-electron chi connectivity index (χ4n) is 6.04. The van der Waals surface area contributed by atoms with Gasteiger partial charge in [-0.3, -0.25) is 19.3 Å². The van der Waals surface area contributed by atoms with E-state index in [0.717, 1.165) is 34.4 Å². The summed E-state index contributed by atoms with van der Waals surface area (Å²) < 4.78 is 6.97. The van der Waals surface area contributed by atoms with Crippen LogP contribution in [-0.2, 0) is 29.4 Å². The SMILES string of the molecule is CNC(=O)C(c1ccc(Nc2nc(-c3cccc(NC(=O)c4cc5c(s4)CCCC5)c3C)cn(C)c2=O)cc1)N1CCOCC1. The number of fused-ring (bicyclic) bond motifs is 1. The van der Waals surface area contributed by atoms with Crippen LogP contribution in [0.2, 0.25) is 0 Å². The molecule has 1 aliphatic carbocycles. The minimum absolute atomic E-state index is 0.0795. The summed E-state index contributed by atoms with van der Waals surface area (Å²) in [6.07, 6.45) is 6.14. The molecule has 2 aromatic carbocycles. The van der Waals surface area contributed by atoms with Crippen LogP contribution in [0.4, 0.5) is 17.2 Å². The Balaban J connectivity index is 1.23. The summed E-state index contributed by atoms with van der Waals surface area (Å²) in [6.45, 7) is 4.46. The molecule has 11 heteroatoms. The summed E-state index contributed by atoms with van der Waals surface area (Å²) in [6, 6.07) is 14.8. The van der Waals surface area contributed by atoms with Gasteiger partial charge in [0.25, 0.3) is 11.5 Å². The van der Waals surface area contributed by atoms with Gasteiger partial charge in [-0.2, -0.15) is 0 Å². The van der Waals surface area contributed by atoms with Crippen LogP contribution >= 0.6 is 11.3 Å². The predicted octanol–water partition coefficient (Wildman–Crippen LogP) is 4.81. The Morgan fingerprint density at radius 1 is 1.04 bits per heavy atom. The van der Waals surface area contributed by atoms with Crippen molar-refractivity contribution in [2.75, 3.05) is 44.0 Å². The monoisotopic (exact) mass is 626 g/mol. The fraction of sp³-hybridized carbons (Fsp3) is 0.353. The van der Waals surface area contributed by atoms with Crippen LogP contribution in [0.15, 0.2) is 59.5 Å². The van der Waals surface area contributed by atoms with Gasteiger partial charge in [-0.1, -0.05) is 24.3 Å². The van der Waals surface area contributed by atoms with Crippen LogP contribution in [-0.4, -0.2) is 59.6 Å². The molecule has 0 bridgehead atoms. The zero-order chi connectivity index (χ0) is 31.5. The van der Waals surface area contributed by atoms with Crippen LogP contribution < -0.4 is 21.5 Å². The Morgan fingerprint density at radius 3 is 2.53 bits per heavy atom. The van der Waals surface area contributed by atoms with Crippen LogP contribution in [0.1, 0.15) is 50.1 Å². The summed E-state index contributed by atoms with van der Waals surface area (Å²) in [4.78, 5) is 48.0. The molecule has 3 N–H and O–H groups in total. The molecule has 1 atom stereocenters. The molecule has 0 radical (unpaired) electrons. The first-order valence-corrected chi connectivity index (χ1v) is 16.1. The lowest BCUT2D eigenvalue weighted by Crippen LogP contribution is -2.45. The van der Waals surface area contributed by atoms with Gasteiger partial charge in [-0.25, -0.2) is 4.98 Å². The maximum atomic E-state index is 13.2. The average molecular weight is 627 g/mol. The molecular formula is C34H38N6O4S. The molecule has 2 amide bonds. The summed E-state index contributed by atoms with van der Waals surface area (Å²) in [7, 11) is 3.33. The first-order valence-electron chi connectivity index (χ1n) is 15.3. The van der Waals surface area contributed by atoms with Crippen LogP contribution in [0.5, 0.6) is 0 Å². The zero-order valence-corrected chi connectivity index (χ0v) is 26.6. The van der Waals surface area contributed by atoms with Gasteiger partial charge in [0.1, 0.15) is 6.04 Å². The number of carbonyl (C=O) groups is 2. The number of rotatable bonds is 8. The first-order chi connectivity index (χ1) is 21.8. The summed E-state index contributed by atoms with van der Waals surface area (Å²) in [5.41, 5.74) is 5.53. The van der Waals surface area contributed by atoms with Gasteiger partial charge < -0.3 is 25.3 Å². The van der Waals surface area contributed by atoms with Gasteiger partial charge in [0.2, 0.25) is 5.91 Å². The number of thiophene rings is 1. The van der Waals surface area contributed by atoms with Crippen LogP contribution in [0.3, 0.4) is 0 Å². The van der Waals surface area contributed by atoms with Crippen molar-refractivity contribution in [3.05, 3.63) is 91.5 Å². The van der Waals surface area contributed by atoms with E-state index in [0.29, 0.717) is 43.4 Å². The molecule has 2 aliphatic rings. The summed E-state index contributed by atoms with van der Waals surface area (Å²) in [5, 5.41) is 9.05. The number of aromatic nitrogens is 2. The van der Waals surface area contributed by atoms with Crippen molar-refractivity contribution in [1.82, 2.24) is 19.8 Å². The second-order valence-corrected chi connectivity index (χ2v) is 12.6. The van der Waals surface area contributed by atoms with Gasteiger partial charge in [0.05, 0.1) is 23.8 Å². The molecule has 4 aromatic rings. The normalized spacial score (nSPS) is 15.6. The number of benzene rings is 2. The Labute approximate surface area is 266 Å². The number of carbonyl (C=O) groups excluding carboxylic acids is 2. The minimum Gasteiger partial charge on any atom is -0.379 e. The zero-order valence-electron chi connectivity index (χ0n) is 25.8. The Bertz CT molecular complexity index is 1750. The second-order valence-electron chi connectivity index (χ2n) is 11.5. The van der Waals surface area contributed by atoms with Gasteiger partial charge in [0.15, 0.2) is 5.82 Å². The van der Waals surface area contributed by atoms with E-state index in [1.165, 1.54) is 27.8 Å². The number of morpholine rings is 1. The number of ether oxygens (including phenoxy) is 1. The van der Waals surface area contributed by atoms with Crippen LogP contribution in [0, 0.1) is 6.92 Å². The number of nitrogens with one attached hydrogen (secondary N) is 3. The van der Waals surface area contributed by atoms with Gasteiger partial charge >= 0.3 is 0 Å². The molecule has 0 spiro atoms. The molecule has 10 nitrogen and oxygen atoms in total. The number of nitrogens with zero attached hydrogens (tertiary/aromatic N) is 3. The van der Waals surface area contributed by atoms with E-state index >= 15 is 0 Å². The van der Waals surface area contributed by atoms with Gasteiger partial charge in [0, 0.05) is 55.2 Å². The Kier molecular flexibility index (Phi) is 9.11. The van der Waals surface area contributed by atoms with E-state index in [1.807, 2.05) is 55.5 Å². The number of likely N-dealkylation sites (N-methyl/N-ethyl adjacent to an activating group) is 1. The molecule has 1 saturated heterocycles. The van der Waals surface area contributed by atoms with Gasteiger partial charge in [-0.05, 0) is 73.6 Å². The molecule has 3 heterocycles. The average Bonchev–Trinajstić information content (AvgIpc) is 3.50. The predicted molar refractivity (Wildman–Crippen MR) is 177 cm³/mol. The van der Waals surface area contributed by atoms with Crippen LogP contribution in [0.25, 0.3) is 11.3 Å². The van der Waals surface area contributed by atoms with Crippen molar-refractivity contribution in [3.63, 3.8) is 0 Å². The molecular weight excluding hydrogens is 588 g/mol. The molecule has 1 fully saturated rings. The van der Waals surface area contributed by atoms with Crippen molar-refractivity contribution < 1.29 is 14.3 Å². The van der Waals surface area contributed by atoms with E-state index in [-0.39, 0.29) is 23.2 Å². The lowest BCUT2D eigenvalue weighted by molar-refractivity contribution is -0.128. The molecule has 6 rings (SSSR count). The smallest absolute Gasteiger partial charge is 0.293 e. The van der Waals surface area contributed by atoms with E-state index < -0.39 is 6.04 Å². The van der Waals surface area contributed by atoms with Crippen molar-refractivity contribution in [1.29, 1.82) is 0 Å². The van der Waals surface area contributed by atoms with E-state index in [2.05, 4.69) is 20.9 Å². The lowest BCUT2D eigenvalue weighted by atomic mass is 9.99. The number of amides is 2. The second kappa shape index (κ2) is 13.4. The van der Waals surface area contributed by atoms with E-state index in [4.69, 9.17) is 9.72 Å². The standard InChI is InChI=1S/C34H38N6O4S/c1-21-25(8-6-9-26(21)38-32(41)29-19-23-7-4-5-10-28(23)45-29)27-20-39(3)34(43)31(37-27)36-24-13-11-22(12-14-24)30(33(42)35-2)40-15-17-44-18-16-40/h6,8-9,11-14,19-20,30H,4-5,7,10,15-18H2,1-3H3,(H,35,42)(H,36,37)(H,38,41).